The van der Waals surface area contributed by atoms with Gasteiger partial charge < -0.3 is 24.9 Å². The smallest absolute Gasteiger partial charge is 0.335 e. The number of hydrogen-bond donors (Lipinski definition) is 3. The zero-order valence-electron chi connectivity index (χ0n) is 18.4. The van der Waals surface area contributed by atoms with Crippen molar-refractivity contribution < 1.29 is 28.6 Å². The maximum Gasteiger partial charge on any atom is 0.335 e. The summed E-state index contributed by atoms with van der Waals surface area (Å²) in [5.74, 6) is -2.67. The minimum absolute atomic E-state index is 0.0714. The van der Waals surface area contributed by atoms with Crippen molar-refractivity contribution in [1.29, 1.82) is 0 Å². The molecule has 35 heavy (non-hydrogen) atoms. The van der Waals surface area contributed by atoms with Crippen LogP contribution in [0.3, 0.4) is 0 Å². The quantitative estimate of drug-likeness (QED) is 0.351. The summed E-state index contributed by atoms with van der Waals surface area (Å²) in [4.78, 5) is 46.8. The summed E-state index contributed by atoms with van der Waals surface area (Å²) in [7, 11) is 1.48. The van der Waals surface area contributed by atoms with Crippen molar-refractivity contribution in [2.24, 2.45) is 0 Å². The molecule has 2 heterocycles. The number of carboxylic acid groups (broad SMARTS) is 1. The standard InChI is InChI=1S/C24H19FN4O6/c1-34-18-10-14(8-9-26-18)11-27-23(31)21-28-17-7-6-16(25)20(19(17)22(30)29-21)35-12-13-2-4-15(5-3-13)24(32)33/h2-10H,11-12H2,1H3,(H,27,31)(H,32,33)(H,28,29,30). The van der Waals surface area contributed by atoms with E-state index in [-0.39, 0.29) is 41.2 Å². The van der Waals surface area contributed by atoms with Crippen LogP contribution in [-0.2, 0) is 13.2 Å². The Kier molecular flexibility index (Phi) is 6.67. The highest BCUT2D eigenvalue weighted by molar-refractivity contribution is 5.93. The minimum Gasteiger partial charge on any atom is -0.485 e. The Balaban J connectivity index is 1.54. The maximum atomic E-state index is 14.5. The van der Waals surface area contributed by atoms with Crippen molar-refractivity contribution in [2.75, 3.05) is 7.11 Å². The Labute approximate surface area is 197 Å². The second-order valence-electron chi connectivity index (χ2n) is 7.37. The van der Waals surface area contributed by atoms with Gasteiger partial charge in [0.1, 0.15) is 12.0 Å². The van der Waals surface area contributed by atoms with Crippen LogP contribution in [0, 0.1) is 5.82 Å². The predicted octanol–water partition coefficient (Wildman–Crippen LogP) is 2.67. The number of hydrogen-bond acceptors (Lipinski definition) is 7. The number of fused-ring (bicyclic) bond motifs is 1. The lowest BCUT2D eigenvalue weighted by Crippen LogP contribution is -2.27. The summed E-state index contributed by atoms with van der Waals surface area (Å²) in [5, 5.41) is 11.5. The Morgan fingerprint density at radius 1 is 1.11 bits per heavy atom. The van der Waals surface area contributed by atoms with Crippen molar-refractivity contribution in [3.8, 4) is 11.6 Å². The molecule has 0 bridgehead atoms. The highest BCUT2D eigenvalue weighted by Gasteiger charge is 2.18. The predicted molar refractivity (Wildman–Crippen MR) is 122 cm³/mol. The molecule has 0 fully saturated rings. The molecule has 0 aliphatic heterocycles. The number of aromatic nitrogens is 3. The fourth-order valence-electron chi connectivity index (χ4n) is 3.26. The van der Waals surface area contributed by atoms with Gasteiger partial charge in [-0.05, 0) is 41.5 Å². The molecule has 3 N–H and O–H groups in total. The van der Waals surface area contributed by atoms with Crippen LogP contribution in [-0.4, -0.2) is 39.0 Å². The summed E-state index contributed by atoms with van der Waals surface area (Å²) in [6.07, 6.45) is 1.53. The molecule has 0 radical (unpaired) electrons. The van der Waals surface area contributed by atoms with Crippen LogP contribution in [0.2, 0.25) is 0 Å². The van der Waals surface area contributed by atoms with E-state index < -0.39 is 23.3 Å². The first-order valence-electron chi connectivity index (χ1n) is 10.3. The second-order valence-corrected chi connectivity index (χ2v) is 7.37. The SMILES string of the molecule is COc1cc(CNC(=O)c2nc3ccc(F)c(OCc4ccc(C(=O)O)cc4)c3c(=O)[nH]2)ccn1. The molecule has 0 saturated heterocycles. The van der Waals surface area contributed by atoms with Gasteiger partial charge >= 0.3 is 5.97 Å². The fraction of sp³-hybridized carbons (Fsp3) is 0.125. The number of carbonyl (C=O) groups is 2. The molecular formula is C24H19FN4O6. The van der Waals surface area contributed by atoms with Gasteiger partial charge in [-0.3, -0.25) is 9.59 Å². The van der Waals surface area contributed by atoms with Crippen LogP contribution in [0.1, 0.15) is 32.1 Å². The van der Waals surface area contributed by atoms with Crippen LogP contribution in [0.15, 0.2) is 59.5 Å². The number of aromatic amines is 1. The molecule has 10 nitrogen and oxygen atoms in total. The molecule has 178 valence electrons. The van der Waals surface area contributed by atoms with E-state index >= 15 is 0 Å². The molecule has 0 aliphatic carbocycles. The van der Waals surface area contributed by atoms with E-state index in [1.54, 1.807) is 12.1 Å². The van der Waals surface area contributed by atoms with Gasteiger partial charge in [0.05, 0.1) is 18.2 Å². The van der Waals surface area contributed by atoms with Gasteiger partial charge in [-0.25, -0.2) is 19.2 Å². The number of benzene rings is 2. The molecule has 2 aromatic carbocycles. The van der Waals surface area contributed by atoms with Gasteiger partial charge in [0, 0.05) is 18.8 Å². The summed E-state index contributed by atoms with van der Waals surface area (Å²) in [6.45, 7) is 0.0188. The first kappa shape index (κ1) is 23.4. The highest BCUT2D eigenvalue weighted by Crippen LogP contribution is 2.26. The van der Waals surface area contributed by atoms with E-state index in [2.05, 4.69) is 20.3 Å². The number of carboxylic acids is 1. The molecule has 0 spiro atoms. The van der Waals surface area contributed by atoms with E-state index in [1.165, 1.54) is 43.6 Å². The number of H-pyrrole nitrogens is 1. The Bertz CT molecular complexity index is 1470. The summed E-state index contributed by atoms with van der Waals surface area (Å²) in [5.41, 5.74) is 0.713. The number of rotatable bonds is 8. The number of halogens is 1. The van der Waals surface area contributed by atoms with Crippen molar-refractivity contribution in [3.63, 3.8) is 0 Å². The largest absolute Gasteiger partial charge is 0.485 e. The van der Waals surface area contributed by atoms with Crippen LogP contribution in [0.25, 0.3) is 10.9 Å². The lowest BCUT2D eigenvalue weighted by molar-refractivity contribution is 0.0696. The van der Waals surface area contributed by atoms with Gasteiger partial charge in [0.15, 0.2) is 17.4 Å². The summed E-state index contributed by atoms with van der Waals surface area (Å²) < 4.78 is 25.1. The first-order chi connectivity index (χ1) is 16.9. The lowest BCUT2D eigenvalue weighted by Gasteiger charge is -2.11. The second kappa shape index (κ2) is 10.00. The number of aromatic carboxylic acids is 1. The first-order valence-corrected chi connectivity index (χ1v) is 10.3. The van der Waals surface area contributed by atoms with Crippen LogP contribution >= 0.6 is 0 Å². The number of carbonyl (C=O) groups excluding carboxylic acids is 1. The third kappa shape index (κ3) is 5.24. The normalized spacial score (nSPS) is 10.7. The third-order valence-corrected chi connectivity index (χ3v) is 5.04. The fourth-order valence-corrected chi connectivity index (χ4v) is 3.26. The van der Waals surface area contributed by atoms with Crippen molar-refractivity contribution >= 4 is 22.8 Å². The molecule has 11 heteroatoms. The lowest BCUT2D eigenvalue weighted by atomic mass is 10.1. The number of nitrogens with one attached hydrogen (secondary N) is 2. The van der Waals surface area contributed by atoms with Gasteiger partial charge in [-0.2, -0.15) is 0 Å². The van der Waals surface area contributed by atoms with Gasteiger partial charge in [-0.15, -0.1) is 0 Å². The molecular weight excluding hydrogens is 459 g/mol. The topological polar surface area (TPSA) is 144 Å². The van der Waals surface area contributed by atoms with Crippen molar-refractivity contribution in [1.82, 2.24) is 20.3 Å². The average molecular weight is 478 g/mol. The number of pyridine rings is 1. The molecule has 0 saturated carbocycles. The van der Waals surface area contributed by atoms with E-state index in [0.29, 0.717) is 11.4 Å². The van der Waals surface area contributed by atoms with Gasteiger partial charge in [-0.1, -0.05) is 12.1 Å². The number of nitrogens with zero attached hydrogens (tertiary/aromatic N) is 2. The van der Waals surface area contributed by atoms with Crippen molar-refractivity contribution in [3.05, 3.63) is 93.4 Å². The third-order valence-electron chi connectivity index (χ3n) is 5.04. The summed E-state index contributed by atoms with van der Waals surface area (Å²) in [6, 6.07) is 11.5. The van der Waals surface area contributed by atoms with Crippen LogP contribution in [0.4, 0.5) is 4.39 Å². The van der Waals surface area contributed by atoms with E-state index in [0.717, 1.165) is 11.6 Å². The Morgan fingerprint density at radius 3 is 2.60 bits per heavy atom. The van der Waals surface area contributed by atoms with E-state index in [1.807, 2.05) is 0 Å². The highest BCUT2D eigenvalue weighted by atomic mass is 19.1. The van der Waals surface area contributed by atoms with E-state index in [9.17, 15) is 18.8 Å². The Morgan fingerprint density at radius 2 is 1.89 bits per heavy atom. The monoisotopic (exact) mass is 478 g/mol. The molecule has 0 aliphatic rings. The number of amides is 1. The summed E-state index contributed by atoms with van der Waals surface area (Å²) >= 11 is 0. The Hall–Kier alpha value is -4.80. The van der Waals surface area contributed by atoms with Crippen LogP contribution in [0.5, 0.6) is 11.6 Å². The maximum absolute atomic E-state index is 14.5. The minimum atomic E-state index is -1.07. The molecule has 4 rings (SSSR count). The molecule has 1 amide bonds. The molecule has 0 atom stereocenters. The zero-order chi connectivity index (χ0) is 24.9. The van der Waals surface area contributed by atoms with E-state index in [4.69, 9.17) is 14.6 Å². The van der Waals surface area contributed by atoms with Gasteiger partial charge in [0.25, 0.3) is 11.5 Å². The van der Waals surface area contributed by atoms with Crippen LogP contribution < -0.4 is 20.3 Å². The number of ether oxygens (including phenoxy) is 2. The molecule has 4 aromatic rings. The molecule has 2 aromatic heterocycles. The zero-order valence-corrected chi connectivity index (χ0v) is 18.4. The molecule has 0 unspecified atom stereocenters. The van der Waals surface area contributed by atoms with Gasteiger partial charge in [0.2, 0.25) is 5.88 Å². The van der Waals surface area contributed by atoms with Crippen molar-refractivity contribution in [2.45, 2.75) is 13.2 Å². The number of methoxy groups -OCH3 is 1. The average Bonchev–Trinajstić information content (AvgIpc) is 2.87.